The topological polar surface area (TPSA) is 65.4 Å². The van der Waals surface area contributed by atoms with Crippen molar-refractivity contribution in [1.82, 2.24) is 5.32 Å². The van der Waals surface area contributed by atoms with Gasteiger partial charge in [-0.1, -0.05) is 0 Å². The molecule has 1 aromatic rings. The van der Waals surface area contributed by atoms with Crippen molar-refractivity contribution in [2.24, 2.45) is 0 Å². The molecule has 1 atom stereocenters. The Kier molecular flexibility index (Phi) is 5.06. The van der Waals surface area contributed by atoms with Gasteiger partial charge < -0.3 is 15.0 Å². The summed E-state index contributed by atoms with van der Waals surface area (Å²) in [6.45, 7) is 1.53. The number of carbonyl (C=O) groups is 1. The average molecular weight is 279 g/mol. The normalized spacial score (nSPS) is 13.2. The minimum Gasteiger partial charge on any atom is -0.381 e. The molecule has 1 aromatic carbocycles. The maximum absolute atomic E-state index is 13.9. The van der Waals surface area contributed by atoms with Gasteiger partial charge in [0.15, 0.2) is 0 Å². The SMILES string of the molecule is COCC(C)(C#N)NC(=O)c1ccc(N(C)C)cc1F. The lowest BCUT2D eigenvalue weighted by atomic mass is 10.0. The summed E-state index contributed by atoms with van der Waals surface area (Å²) in [7, 11) is 4.98. The van der Waals surface area contributed by atoms with Crippen LogP contribution < -0.4 is 10.2 Å². The highest BCUT2D eigenvalue weighted by Crippen LogP contribution is 2.17. The molecule has 0 radical (unpaired) electrons. The number of amides is 1. The molecule has 1 amide bonds. The van der Waals surface area contributed by atoms with Crippen LogP contribution in [-0.4, -0.2) is 39.3 Å². The predicted molar refractivity (Wildman–Crippen MR) is 74.1 cm³/mol. The number of benzene rings is 1. The Hall–Kier alpha value is -2.13. The number of nitrogens with one attached hydrogen (secondary N) is 1. The molecule has 108 valence electrons. The Morgan fingerprint density at radius 2 is 2.20 bits per heavy atom. The molecule has 5 nitrogen and oxygen atoms in total. The third kappa shape index (κ3) is 3.68. The second-order valence-corrected chi connectivity index (χ2v) is 4.89. The zero-order valence-electron chi connectivity index (χ0n) is 12.0. The maximum atomic E-state index is 13.9. The van der Waals surface area contributed by atoms with Crippen LogP contribution in [0.5, 0.6) is 0 Å². The number of nitrogens with zero attached hydrogens (tertiary/aromatic N) is 2. The molecule has 0 heterocycles. The quantitative estimate of drug-likeness (QED) is 0.888. The summed E-state index contributed by atoms with van der Waals surface area (Å²) < 4.78 is 18.8. The first kappa shape index (κ1) is 15.9. The van der Waals surface area contributed by atoms with Crippen LogP contribution in [0.4, 0.5) is 10.1 Å². The monoisotopic (exact) mass is 279 g/mol. The second kappa shape index (κ2) is 6.35. The molecule has 0 spiro atoms. The first-order valence-electron chi connectivity index (χ1n) is 6.02. The number of hydrogen-bond donors (Lipinski definition) is 1. The zero-order chi connectivity index (χ0) is 15.3. The number of halogens is 1. The number of nitriles is 1. The lowest BCUT2D eigenvalue weighted by molar-refractivity contribution is 0.0856. The van der Waals surface area contributed by atoms with Crippen LogP contribution in [0, 0.1) is 17.1 Å². The van der Waals surface area contributed by atoms with Crippen molar-refractivity contribution in [1.29, 1.82) is 5.26 Å². The van der Waals surface area contributed by atoms with Gasteiger partial charge in [0, 0.05) is 26.9 Å². The van der Waals surface area contributed by atoms with Crippen molar-refractivity contribution in [2.75, 3.05) is 32.7 Å². The smallest absolute Gasteiger partial charge is 0.255 e. The third-order valence-electron chi connectivity index (χ3n) is 2.78. The van der Waals surface area contributed by atoms with E-state index in [1.54, 1.807) is 25.1 Å². The number of methoxy groups -OCH3 is 1. The van der Waals surface area contributed by atoms with Crippen LogP contribution in [0.2, 0.25) is 0 Å². The van der Waals surface area contributed by atoms with Gasteiger partial charge in [0.2, 0.25) is 0 Å². The Labute approximate surface area is 117 Å². The Morgan fingerprint density at radius 1 is 1.55 bits per heavy atom. The molecule has 1 rings (SSSR count). The molecule has 1 N–H and O–H groups in total. The van der Waals surface area contributed by atoms with E-state index >= 15 is 0 Å². The number of rotatable bonds is 5. The third-order valence-corrected chi connectivity index (χ3v) is 2.78. The molecular formula is C14H18FN3O2. The Morgan fingerprint density at radius 3 is 2.65 bits per heavy atom. The van der Waals surface area contributed by atoms with Gasteiger partial charge in [-0.3, -0.25) is 4.79 Å². The summed E-state index contributed by atoms with van der Waals surface area (Å²) in [6.07, 6.45) is 0. The van der Waals surface area contributed by atoms with Gasteiger partial charge in [0.25, 0.3) is 5.91 Å². The van der Waals surface area contributed by atoms with E-state index < -0.39 is 17.3 Å². The van der Waals surface area contributed by atoms with Crippen LogP contribution in [-0.2, 0) is 4.74 Å². The summed E-state index contributed by atoms with van der Waals surface area (Å²) in [5.74, 6) is -1.28. The van der Waals surface area contributed by atoms with Crippen molar-refractivity contribution in [3.8, 4) is 6.07 Å². The molecule has 1 unspecified atom stereocenters. The molecule has 0 fully saturated rings. The summed E-state index contributed by atoms with van der Waals surface area (Å²) in [6, 6.07) is 6.24. The number of anilines is 1. The average Bonchev–Trinajstić information content (AvgIpc) is 2.38. The van der Waals surface area contributed by atoms with Crippen LogP contribution in [0.25, 0.3) is 0 Å². The minimum atomic E-state index is -1.20. The first-order chi connectivity index (χ1) is 9.33. The lowest BCUT2D eigenvalue weighted by Crippen LogP contribution is -2.48. The van der Waals surface area contributed by atoms with Crippen molar-refractivity contribution in [3.63, 3.8) is 0 Å². The molecule has 0 bridgehead atoms. The van der Waals surface area contributed by atoms with E-state index in [2.05, 4.69) is 5.32 Å². The molecule has 0 aromatic heterocycles. The van der Waals surface area contributed by atoms with Crippen LogP contribution >= 0.6 is 0 Å². The predicted octanol–water partition coefficient (Wildman–Crippen LogP) is 1.55. The van der Waals surface area contributed by atoms with Crippen LogP contribution in [0.3, 0.4) is 0 Å². The van der Waals surface area contributed by atoms with E-state index in [4.69, 9.17) is 10.00 Å². The van der Waals surface area contributed by atoms with Gasteiger partial charge in [-0.2, -0.15) is 5.26 Å². The Bertz CT molecular complexity index is 540. The number of hydrogen-bond acceptors (Lipinski definition) is 4. The molecule has 0 aliphatic heterocycles. The molecular weight excluding hydrogens is 261 g/mol. The first-order valence-corrected chi connectivity index (χ1v) is 6.02. The largest absolute Gasteiger partial charge is 0.381 e. The van der Waals surface area contributed by atoms with E-state index in [1.807, 2.05) is 6.07 Å². The number of carbonyl (C=O) groups excluding carboxylic acids is 1. The van der Waals surface area contributed by atoms with Crippen molar-refractivity contribution in [3.05, 3.63) is 29.6 Å². The summed E-state index contributed by atoms with van der Waals surface area (Å²) in [5, 5.41) is 11.5. The second-order valence-electron chi connectivity index (χ2n) is 4.89. The van der Waals surface area contributed by atoms with Crippen molar-refractivity contribution >= 4 is 11.6 Å². The molecule has 0 aliphatic rings. The van der Waals surface area contributed by atoms with Gasteiger partial charge in [-0.25, -0.2) is 4.39 Å². The fraction of sp³-hybridized carbons (Fsp3) is 0.429. The molecule has 6 heteroatoms. The molecule has 0 saturated carbocycles. The van der Waals surface area contributed by atoms with Crippen LogP contribution in [0.1, 0.15) is 17.3 Å². The summed E-state index contributed by atoms with van der Waals surface area (Å²) in [4.78, 5) is 13.8. The fourth-order valence-electron chi connectivity index (χ4n) is 1.67. The molecule has 0 saturated heterocycles. The minimum absolute atomic E-state index is 0.0205. The van der Waals surface area contributed by atoms with E-state index in [-0.39, 0.29) is 12.2 Å². The Balaban J connectivity index is 2.96. The molecule has 0 aliphatic carbocycles. The highest BCUT2D eigenvalue weighted by molar-refractivity contribution is 5.95. The summed E-state index contributed by atoms with van der Waals surface area (Å²) in [5.41, 5.74) is -0.648. The summed E-state index contributed by atoms with van der Waals surface area (Å²) >= 11 is 0. The lowest BCUT2D eigenvalue weighted by Gasteiger charge is -2.22. The van der Waals surface area contributed by atoms with E-state index in [9.17, 15) is 9.18 Å². The fourth-order valence-corrected chi connectivity index (χ4v) is 1.67. The zero-order valence-corrected chi connectivity index (χ0v) is 12.0. The van der Waals surface area contributed by atoms with Gasteiger partial charge in [-0.05, 0) is 25.1 Å². The molecule has 20 heavy (non-hydrogen) atoms. The van der Waals surface area contributed by atoms with E-state index in [0.29, 0.717) is 5.69 Å². The van der Waals surface area contributed by atoms with Gasteiger partial charge >= 0.3 is 0 Å². The van der Waals surface area contributed by atoms with Gasteiger partial charge in [0.1, 0.15) is 11.4 Å². The van der Waals surface area contributed by atoms with Crippen molar-refractivity contribution in [2.45, 2.75) is 12.5 Å². The standard InChI is InChI=1S/C14H18FN3O2/c1-14(8-16,9-20-4)17-13(19)11-6-5-10(18(2)3)7-12(11)15/h5-7H,9H2,1-4H3,(H,17,19). The highest BCUT2D eigenvalue weighted by atomic mass is 19.1. The van der Waals surface area contributed by atoms with E-state index in [1.165, 1.54) is 26.2 Å². The highest BCUT2D eigenvalue weighted by Gasteiger charge is 2.27. The van der Waals surface area contributed by atoms with E-state index in [0.717, 1.165) is 0 Å². The maximum Gasteiger partial charge on any atom is 0.255 e. The van der Waals surface area contributed by atoms with Gasteiger partial charge in [-0.15, -0.1) is 0 Å². The number of ether oxygens (including phenoxy) is 1. The van der Waals surface area contributed by atoms with Gasteiger partial charge in [0.05, 0.1) is 18.2 Å². The van der Waals surface area contributed by atoms with Crippen LogP contribution in [0.15, 0.2) is 18.2 Å². The van der Waals surface area contributed by atoms with Crippen molar-refractivity contribution < 1.29 is 13.9 Å².